The highest BCUT2D eigenvalue weighted by Gasteiger charge is 2.36. The molecular weight excluding hydrogens is 539 g/mol. The Morgan fingerprint density at radius 2 is 1.84 bits per heavy atom. The number of ether oxygens (including phenoxy) is 1. The van der Waals surface area contributed by atoms with Crippen LogP contribution in [-0.4, -0.2) is 51.7 Å². The first kappa shape index (κ1) is 26.7. The van der Waals surface area contributed by atoms with Gasteiger partial charge in [-0.1, -0.05) is 23.7 Å². The summed E-state index contributed by atoms with van der Waals surface area (Å²) in [5, 5.41) is 3.11. The van der Waals surface area contributed by atoms with Crippen molar-refractivity contribution in [3.05, 3.63) is 88.2 Å². The first-order valence-electron chi connectivity index (χ1n) is 11.1. The van der Waals surface area contributed by atoms with Crippen molar-refractivity contribution in [3.8, 4) is 0 Å². The van der Waals surface area contributed by atoms with Gasteiger partial charge in [-0.3, -0.25) is 19.6 Å². The van der Waals surface area contributed by atoms with Crippen molar-refractivity contribution in [1.29, 1.82) is 0 Å². The number of rotatable bonds is 8. The molecule has 0 saturated heterocycles. The predicted octanol–water partition coefficient (Wildman–Crippen LogP) is 3.82. The van der Waals surface area contributed by atoms with Crippen LogP contribution in [0.3, 0.4) is 0 Å². The van der Waals surface area contributed by atoms with E-state index < -0.39 is 26.7 Å². The van der Waals surface area contributed by atoms with Gasteiger partial charge in [0.2, 0.25) is 0 Å². The van der Waals surface area contributed by atoms with Crippen LogP contribution in [0.15, 0.2) is 70.7 Å². The van der Waals surface area contributed by atoms with E-state index >= 15 is 0 Å². The SMILES string of the molecule is COCCNC(=O)c1ccc(C(=O)NS(=O)(=O)c2ccc(C3(Cl)CC=Nc4ccc(Cl)cc43)cc2)cn1. The van der Waals surface area contributed by atoms with Gasteiger partial charge in [-0.15, -0.1) is 11.6 Å². The average Bonchev–Trinajstić information content (AvgIpc) is 2.89. The normalized spacial score (nSPS) is 16.6. The van der Waals surface area contributed by atoms with Gasteiger partial charge in [-0.25, -0.2) is 13.1 Å². The number of nitrogens with zero attached hydrogens (tertiary/aromatic N) is 2. The van der Waals surface area contributed by atoms with Crippen LogP contribution in [0.2, 0.25) is 5.02 Å². The molecule has 4 rings (SSSR count). The summed E-state index contributed by atoms with van der Waals surface area (Å²) in [6, 6.07) is 13.8. The summed E-state index contributed by atoms with van der Waals surface area (Å²) in [7, 11) is -2.68. The number of amides is 2. The van der Waals surface area contributed by atoms with Crippen LogP contribution in [0.1, 0.15) is 38.4 Å². The quantitative estimate of drug-likeness (QED) is 0.318. The van der Waals surface area contributed by atoms with E-state index in [1.54, 1.807) is 36.5 Å². The van der Waals surface area contributed by atoms with Gasteiger partial charge in [0.25, 0.3) is 21.8 Å². The molecule has 1 unspecified atom stereocenters. The molecule has 0 radical (unpaired) electrons. The van der Waals surface area contributed by atoms with Crippen LogP contribution in [0.5, 0.6) is 0 Å². The maximum atomic E-state index is 12.8. The number of benzene rings is 2. The Morgan fingerprint density at radius 1 is 1.08 bits per heavy atom. The average molecular weight is 561 g/mol. The second kappa shape index (κ2) is 11.0. The molecule has 0 fully saturated rings. The van der Waals surface area contributed by atoms with E-state index in [0.717, 1.165) is 11.8 Å². The summed E-state index contributed by atoms with van der Waals surface area (Å²) >= 11 is 13.2. The Labute approximate surface area is 223 Å². The van der Waals surface area contributed by atoms with E-state index in [0.29, 0.717) is 35.8 Å². The number of methoxy groups -OCH3 is 1. The Bertz CT molecular complexity index is 1460. The first-order valence-corrected chi connectivity index (χ1v) is 13.3. The van der Waals surface area contributed by atoms with Crippen LogP contribution < -0.4 is 10.0 Å². The molecule has 3 aromatic rings. The summed E-state index contributed by atoms with van der Waals surface area (Å²) in [6.45, 7) is 0.641. The minimum absolute atomic E-state index is 0.0247. The van der Waals surface area contributed by atoms with Gasteiger partial charge in [-0.05, 0) is 48.0 Å². The first-order chi connectivity index (χ1) is 17.6. The number of carbonyl (C=O) groups excluding carboxylic acids is 2. The van der Waals surface area contributed by atoms with Crippen molar-refractivity contribution in [2.24, 2.45) is 4.99 Å². The third-order valence-electron chi connectivity index (χ3n) is 5.69. The van der Waals surface area contributed by atoms with Gasteiger partial charge in [-0.2, -0.15) is 0 Å². The fourth-order valence-corrected chi connectivity index (χ4v) is 5.24. The number of aliphatic imine (C=N–C) groups is 1. The minimum Gasteiger partial charge on any atom is -0.383 e. The van der Waals surface area contributed by atoms with Crippen molar-refractivity contribution in [2.75, 3.05) is 20.3 Å². The lowest BCUT2D eigenvalue weighted by Crippen LogP contribution is -2.31. The zero-order valence-corrected chi connectivity index (χ0v) is 21.9. The van der Waals surface area contributed by atoms with E-state index in [2.05, 4.69) is 15.3 Å². The Balaban J connectivity index is 1.48. The number of alkyl halides is 1. The van der Waals surface area contributed by atoms with E-state index in [-0.39, 0.29) is 16.2 Å². The molecule has 0 bridgehead atoms. The van der Waals surface area contributed by atoms with E-state index in [4.69, 9.17) is 27.9 Å². The standard InChI is InChI=1S/C25H22Cl2N4O5S/c1-36-13-12-29-24(33)22-8-2-16(15-30-22)23(32)31-37(34,35)19-6-3-17(4-7-19)25(27)10-11-28-21-9-5-18(26)14-20(21)25/h2-9,11,14-15H,10,12-13H2,1H3,(H,29,33)(H,31,32). The topological polar surface area (TPSA) is 127 Å². The lowest BCUT2D eigenvalue weighted by atomic mass is 9.85. The number of sulfonamides is 1. The van der Waals surface area contributed by atoms with Gasteiger partial charge in [0.1, 0.15) is 10.6 Å². The maximum absolute atomic E-state index is 12.8. The molecular formula is C25H22Cl2N4O5S. The second-order valence-electron chi connectivity index (χ2n) is 8.12. The highest BCUT2D eigenvalue weighted by molar-refractivity contribution is 7.90. The van der Waals surface area contributed by atoms with Crippen LogP contribution in [-0.2, 0) is 19.6 Å². The molecule has 2 N–H and O–H groups in total. The number of carbonyl (C=O) groups is 2. The van der Waals surface area contributed by atoms with Crippen molar-refractivity contribution >= 4 is 56.9 Å². The Morgan fingerprint density at radius 3 is 2.51 bits per heavy atom. The lowest BCUT2D eigenvalue weighted by Gasteiger charge is -2.31. The number of fused-ring (bicyclic) bond motifs is 1. The third kappa shape index (κ3) is 5.83. The summed E-state index contributed by atoms with van der Waals surface area (Å²) in [5.41, 5.74) is 2.11. The predicted molar refractivity (Wildman–Crippen MR) is 140 cm³/mol. The molecule has 9 nitrogen and oxygen atoms in total. The van der Waals surface area contributed by atoms with Crippen molar-refractivity contribution in [1.82, 2.24) is 15.0 Å². The molecule has 0 aliphatic carbocycles. The van der Waals surface area contributed by atoms with Gasteiger partial charge in [0, 0.05) is 43.1 Å². The molecule has 0 spiro atoms. The molecule has 12 heteroatoms. The van der Waals surface area contributed by atoms with E-state index in [9.17, 15) is 18.0 Å². The molecule has 1 aliphatic heterocycles. The Hall–Kier alpha value is -3.31. The molecule has 37 heavy (non-hydrogen) atoms. The van der Waals surface area contributed by atoms with Gasteiger partial charge in [0.05, 0.1) is 22.8 Å². The summed E-state index contributed by atoms with van der Waals surface area (Å²) in [4.78, 5) is 31.8. The number of aromatic nitrogens is 1. The van der Waals surface area contributed by atoms with Gasteiger partial charge >= 0.3 is 0 Å². The number of halogens is 2. The monoisotopic (exact) mass is 560 g/mol. The molecule has 0 saturated carbocycles. The highest BCUT2D eigenvalue weighted by atomic mass is 35.5. The highest BCUT2D eigenvalue weighted by Crippen LogP contribution is 2.46. The van der Waals surface area contributed by atoms with E-state index in [1.807, 2.05) is 4.72 Å². The number of nitrogens with one attached hydrogen (secondary N) is 2. The maximum Gasteiger partial charge on any atom is 0.269 e. The van der Waals surface area contributed by atoms with Crippen molar-refractivity contribution < 1.29 is 22.7 Å². The minimum atomic E-state index is -4.19. The Kier molecular flexibility index (Phi) is 7.93. The number of hydrogen-bond donors (Lipinski definition) is 2. The van der Waals surface area contributed by atoms with Crippen LogP contribution in [0, 0.1) is 0 Å². The second-order valence-corrected chi connectivity index (χ2v) is 10.9. The molecule has 1 atom stereocenters. The number of hydrogen-bond acceptors (Lipinski definition) is 7. The molecule has 2 heterocycles. The molecule has 1 aliphatic rings. The molecule has 2 amide bonds. The molecule has 192 valence electrons. The van der Waals surface area contributed by atoms with Crippen molar-refractivity contribution in [3.63, 3.8) is 0 Å². The largest absolute Gasteiger partial charge is 0.383 e. The van der Waals surface area contributed by atoms with Crippen LogP contribution >= 0.6 is 23.2 Å². The lowest BCUT2D eigenvalue weighted by molar-refractivity contribution is 0.0929. The smallest absolute Gasteiger partial charge is 0.269 e. The fourth-order valence-electron chi connectivity index (χ4n) is 3.75. The van der Waals surface area contributed by atoms with E-state index in [1.165, 1.54) is 31.4 Å². The zero-order chi connectivity index (χ0) is 26.6. The summed E-state index contributed by atoms with van der Waals surface area (Å²) in [5.74, 6) is -1.33. The third-order valence-corrected chi connectivity index (χ3v) is 7.85. The van der Waals surface area contributed by atoms with Crippen molar-refractivity contribution in [2.45, 2.75) is 16.2 Å². The van der Waals surface area contributed by atoms with Gasteiger partial charge in [0.15, 0.2) is 0 Å². The van der Waals surface area contributed by atoms with Gasteiger partial charge < -0.3 is 10.1 Å². The molecule has 2 aromatic carbocycles. The van der Waals surface area contributed by atoms with Crippen LogP contribution in [0.4, 0.5) is 5.69 Å². The fraction of sp³-hybridized carbons (Fsp3) is 0.200. The van der Waals surface area contributed by atoms with Crippen LogP contribution in [0.25, 0.3) is 0 Å². The summed E-state index contributed by atoms with van der Waals surface area (Å²) in [6.07, 6.45) is 3.22. The summed E-state index contributed by atoms with van der Waals surface area (Å²) < 4.78 is 32.6. The molecule has 1 aromatic heterocycles. The zero-order valence-electron chi connectivity index (χ0n) is 19.6. The number of pyridine rings is 1.